The van der Waals surface area contributed by atoms with Crippen LogP contribution in [0.25, 0.3) is 0 Å². The molecular weight excluding hydrogens is 224 g/mol. The van der Waals surface area contributed by atoms with E-state index in [2.05, 4.69) is 5.32 Å². The van der Waals surface area contributed by atoms with Gasteiger partial charge in [0.1, 0.15) is 0 Å². The van der Waals surface area contributed by atoms with E-state index in [0.29, 0.717) is 12.0 Å². The molecule has 0 radical (unpaired) electrons. The van der Waals surface area contributed by atoms with E-state index in [1.165, 1.54) is 70.6 Å². The molecule has 0 spiro atoms. The molecule has 3 heteroatoms. The zero-order valence-corrected chi connectivity index (χ0v) is 11.5. The molecule has 0 aromatic carbocycles. The standard InChI is InChI=1S/C15H28N2O/c16-15(18)14(12-8-4-1-2-5-9-12)17-13-10-6-3-7-11-13/h12-14,17H,1-11H2,(H2,16,18). The van der Waals surface area contributed by atoms with Crippen molar-refractivity contribution in [3.8, 4) is 0 Å². The number of amides is 1. The summed E-state index contributed by atoms with van der Waals surface area (Å²) < 4.78 is 0. The fraction of sp³-hybridized carbons (Fsp3) is 0.933. The molecule has 2 saturated carbocycles. The SMILES string of the molecule is NC(=O)C(NC1CCCCC1)C1CCCCCC1. The number of carbonyl (C=O) groups is 1. The van der Waals surface area contributed by atoms with Crippen LogP contribution >= 0.6 is 0 Å². The van der Waals surface area contributed by atoms with Crippen LogP contribution < -0.4 is 11.1 Å². The van der Waals surface area contributed by atoms with Gasteiger partial charge in [-0.3, -0.25) is 4.79 Å². The molecule has 18 heavy (non-hydrogen) atoms. The fourth-order valence-corrected chi connectivity index (χ4v) is 3.62. The van der Waals surface area contributed by atoms with Crippen LogP contribution in [-0.4, -0.2) is 18.0 Å². The van der Waals surface area contributed by atoms with E-state index in [-0.39, 0.29) is 11.9 Å². The van der Waals surface area contributed by atoms with Gasteiger partial charge in [0.2, 0.25) is 5.91 Å². The number of rotatable bonds is 4. The van der Waals surface area contributed by atoms with E-state index in [1.54, 1.807) is 0 Å². The molecule has 3 N–H and O–H groups in total. The molecule has 0 aromatic rings. The molecule has 0 aromatic heterocycles. The molecule has 1 unspecified atom stereocenters. The minimum atomic E-state index is -0.132. The summed E-state index contributed by atoms with van der Waals surface area (Å²) in [6, 6.07) is 0.450. The molecular formula is C15H28N2O. The average Bonchev–Trinajstić information content (AvgIpc) is 2.65. The Morgan fingerprint density at radius 2 is 1.39 bits per heavy atom. The van der Waals surface area contributed by atoms with Gasteiger partial charge in [-0.1, -0.05) is 44.9 Å². The molecule has 104 valence electrons. The highest BCUT2D eigenvalue weighted by molar-refractivity contribution is 5.80. The van der Waals surface area contributed by atoms with E-state index in [1.807, 2.05) is 0 Å². The van der Waals surface area contributed by atoms with Crippen molar-refractivity contribution in [1.82, 2.24) is 5.32 Å². The number of carbonyl (C=O) groups excluding carboxylic acids is 1. The third-order valence-corrected chi connectivity index (χ3v) is 4.70. The first-order valence-corrected chi connectivity index (χ1v) is 7.83. The Morgan fingerprint density at radius 1 is 0.889 bits per heavy atom. The van der Waals surface area contributed by atoms with Crippen molar-refractivity contribution in [3.63, 3.8) is 0 Å². The molecule has 3 nitrogen and oxygen atoms in total. The lowest BCUT2D eigenvalue weighted by molar-refractivity contribution is -0.121. The monoisotopic (exact) mass is 252 g/mol. The zero-order chi connectivity index (χ0) is 12.8. The third kappa shape index (κ3) is 3.98. The molecule has 1 amide bonds. The van der Waals surface area contributed by atoms with Crippen molar-refractivity contribution in [2.24, 2.45) is 11.7 Å². The number of hydrogen-bond donors (Lipinski definition) is 2. The second kappa shape index (κ2) is 7.13. The lowest BCUT2D eigenvalue weighted by Gasteiger charge is -2.31. The van der Waals surface area contributed by atoms with Crippen LogP contribution in [-0.2, 0) is 4.79 Å². The largest absolute Gasteiger partial charge is 0.368 e. The smallest absolute Gasteiger partial charge is 0.234 e. The molecule has 0 aliphatic heterocycles. The van der Waals surface area contributed by atoms with Crippen LogP contribution in [0.2, 0.25) is 0 Å². The van der Waals surface area contributed by atoms with Crippen LogP contribution in [0, 0.1) is 5.92 Å². The van der Waals surface area contributed by atoms with Gasteiger partial charge in [0.05, 0.1) is 6.04 Å². The third-order valence-electron chi connectivity index (χ3n) is 4.70. The minimum absolute atomic E-state index is 0.0776. The van der Waals surface area contributed by atoms with Crippen LogP contribution in [0.1, 0.15) is 70.6 Å². The van der Waals surface area contributed by atoms with Crippen molar-refractivity contribution in [2.75, 3.05) is 0 Å². The number of primary amides is 1. The number of nitrogens with one attached hydrogen (secondary N) is 1. The van der Waals surface area contributed by atoms with Gasteiger partial charge in [-0.2, -0.15) is 0 Å². The molecule has 0 heterocycles. The molecule has 0 saturated heterocycles. The highest BCUT2D eigenvalue weighted by Gasteiger charge is 2.29. The summed E-state index contributed by atoms with van der Waals surface area (Å²) in [5.74, 6) is 0.347. The van der Waals surface area contributed by atoms with Crippen LogP contribution in [0.4, 0.5) is 0 Å². The molecule has 0 bridgehead atoms. The van der Waals surface area contributed by atoms with Crippen LogP contribution in [0.5, 0.6) is 0 Å². The summed E-state index contributed by atoms with van der Waals surface area (Å²) >= 11 is 0. The Bertz CT molecular complexity index is 253. The molecule has 2 rings (SSSR count). The van der Waals surface area contributed by atoms with Crippen molar-refractivity contribution >= 4 is 5.91 Å². The van der Waals surface area contributed by atoms with Crippen LogP contribution in [0.15, 0.2) is 0 Å². The summed E-state index contributed by atoms with van der Waals surface area (Å²) in [6.07, 6.45) is 13.9. The quantitative estimate of drug-likeness (QED) is 0.756. The van der Waals surface area contributed by atoms with Crippen molar-refractivity contribution in [2.45, 2.75) is 82.7 Å². The minimum Gasteiger partial charge on any atom is -0.368 e. The van der Waals surface area contributed by atoms with E-state index in [9.17, 15) is 4.79 Å². The maximum absolute atomic E-state index is 11.7. The van der Waals surface area contributed by atoms with Crippen molar-refractivity contribution in [1.29, 1.82) is 0 Å². The summed E-state index contributed by atoms with van der Waals surface area (Å²) in [5, 5.41) is 3.58. The van der Waals surface area contributed by atoms with Crippen molar-refractivity contribution < 1.29 is 4.79 Å². The van der Waals surface area contributed by atoms with Crippen molar-refractivity contribution in [3.05, 3.63) is 0 Å². The Hall–Kier alpha value is -0.570. The average molecular weight is 252 g/mol. The van der Waals surface area contributed by atoms with Crippen LogP contribution in [0.3, 0.4) is 0 Å². The van der Waals surface area contributed by atoms with Gasteiger partial charge < -0.3 is 11.1 Å². The summed E-state index contributed by atoms with van der Waals surface area (Å²) in [5.41, 5.74) is 5.63. The van der Waals surface area contributed by atoms with E-state index < -0.39 is 0 Å². The summed E-state index contributed by atoms with van der Waals surface area (Å²) in [6.45, 7) is 0. The Labute approximate surface area is 111 Å². The maximum Gasteiger partial charge on any atom is 0.234 e. The van der Waals surface area contributed by atoms with E-state index in [0.717, 1.165) is 0 Å². The highest BCUT2D eigenvalue weighted by Crippen LogP contribution is 2.27. The first-order chi connectivity index (χ1) is 8.77. The molecule has 2 fully saturated rings. The summed E-state index contributed by atoms with van der Waals surface area (Å²) in [7, 11) is 0. The lowest BCUT2D eigenvalue weighted by Crippen LogP contribution is -2.51. The van der Waals surface area contributed by atoms with Gasteiger partial charge in [0.25, 0.3) is 0 Å². The topological polar surface area (TPSA) is 55.1 Å². The van der Waals surface area contributed by atoms with Gasteiger partial charge in [-0.15, -0.1) is 0 Å². The first kappa shape index (κ1) is 13.9. The molecule has 2 aliphatic rings. The Morgan fingerprint density at radius 3 is 1.94 bits per heavy atom. The first-order valence-electron chi connectivity index (χ1n) is 7.83. The number of hydrogen-bond acceptors (Lipinski definition) is 2. The van der Waals surface area contributed by atoms with E-state index >= 15 is 0 Å². The highest BCUT2D eigenvalue weighted by atomic mass is 16.1. The maximum atomic E-state index is 11.7. The molecule has 1 atom stereocenters. The molecule has 2 aliphatic carbocycles. The second-order valence-corrected chi connectivity index (χ2v) is 6.13. The van der Waals surface area contributed by atoms with Gasteiger partial charge >= 0.3 is 0 Å². The predicted octanol–water partition coefficient (Wildman–Crippen LogP) is 2.73. The predicted molar refractivity (Wildman–Crippen MR) is 74.2 cm³/mol. The van der Waals surface area contributed by atoms with Gasteiger partial charge in [0.15, 0.2) is 0 Å². The Balaban J connectivity index is 1.91. The fourth-order valence-electron chi connectivity index (χ4n) is 3.62. The zero-order valence-electron chi connectivity index (χ0n) is 11.5. The lowest BCUT2D eigenvalue weighted by atomic mass is 9.88. The normalized spacial score (nSPS) is 25.6. The second-order valence-electron chi connectivity index (χ2n) is 6.13. The summed E-state index contributed by atoms with van der Waals surface area (Å²) in [4.78, 5) is 11.7. The van der Waals surface area contributed by atoms with Gasteiger partial charge in [-0.25, -0.2) is 0 Å². The van der Waals surface area contributed by atoms with E-state index in [4.69, 9.17) is 5.73 Å². The number of nitrogens with two attached hydrogens (primary N) is 1. The van der Waals surface area contributed by atoms with Gasteiger partial charge in [-0.05, 0) is 31.6 Å². The van der Waals surface area contributed by atoms with Gasteiger partial charge in [0, 0.05) is 6.04 Å². The Kier molecular flexibility index (Phi) is 5.48.